The number of phenols is 1. The Kier molecular flexibility index (Phi) is 5.27. The number of aryl methyl sites for hydroxylation is 1. The summed E-state index contributed by atoms with van der Waals surface area (Å²) >= 11 is 0. The summed E-state index contributed by atoms with van der Waals surface area (Å²) in [5.41, 5.74) is 3.49. The van der Waals surface area contributed by atoms with Gasteiger partial charge in [-0.1, -0.05) is 17.7 Å². The molecule has 3 aromatic rings. The summed E-state index contributed by atoms with van der Waals surface area (Å²) in [4.78, 5) is 15.2. The highest BCUT2D eigenvalue weighted by atomic mass is 32.2. The van der Waals surface area contributed by atoms with Crippen molar-refractivity contribution in [3.05, 3.63) is 58.8 Å². The molecule has 2 atom stereocenters. The van der Waals surface area contributed by atoms with Gasteiger partial charge in [-0.3, -0.25) is 9.89 Å². The van der Waals surface area contributed by atoms with Gasteiger partial charge in [-0.25, -0.2) is 8.42 Å². The van der Waals surface area contributed by atoms with Crippen molar-refractivity contribution in [2.75, 3.05) is 25.7 Å². The largest absolute Gasteiger partial charge is 0.507 e. The zero-order chi connectivity index (χ0) is 24.2. The fourth-order valence-electron chi connectivity index (χ4n) is 4.93. The Hall–Kier alpha value is -3.53. The number of ether oxygens (including phenoxy) is 2. The Labute approximate surface area is 197 Å². The first-order valence-corrected chi connectivity index (χ1v) is 12.7. The zero-order valence-electron chi connectivity index (χ0n) is 19.0. The lowest BCUT2D eigenvalue weighted by atomic mass is 9.94. The number of amides is 1. The first kappa shape index (κ1) is 22.3. The predicted octanol–water partition coefficient (Wildman–Crippen LogP) is 2.84. The van der Waals surface area contributed by atoms with Gasteiger partial charge < -0.3 is 19.5 Å². The highest BCUT2D eigenvalue weighted by Crippen LogP contribution is 2.47. The molecule has 0 radical (unpaired) electrons. The minimum atomic E-state index is -3.23. The van der Waals surface area contributed by atoms with Crippen molar-refractivity contribution in [1.82, 2.24) is 15.1 Å². The Bertz CT molecular complexity index is 1400. The number of carbonyl (C=O) groups is 1. The number of nitrogens with one attached hydrogen (secondary N) is 1. The molecule has 34 heavy (non-hydrogen) atoms. The van der Waals surface area contributed by atoms with Crippen LogP contribution < -0.4 is 9.47 Å². The number of sulfone groups is 1. The number of rotatable bonds is 5. The molecule has 1 fully saturated rings. The molecule has 0 saturated carbocycles. The standard InChI is InChI=1S/C24H25N3O6S/c1-13-4-6-17(28)16(10-13)21-20-22(26-25-21)24(29)27(15-8-9-34(30,31)12-15)23(20)14-5-7-18(32-2)19(11-14)33-3/h4-7,10-11,15,23,28H,8-9,12H2,1-3H3,(H,25,26). The molecule has 2 N–H and O–H groups in total. The van der Waals surface area contributed by atoms with E-state index < -0.39 is 21.9 Å². The van der Waals surface area contributed by atoms with Crippen LogP contribution in [0.3, 0.4) is 0 Å². The number of fused-ring (bicyclic) bond motifs is 1. The van der Waals surface area contributed by atoms with Gasteiger partial charge >= 0.3 is 0 Å². The third-order valence-electron chi connectivity index (χ3n) is 6.54. The maximum atomic E-state index is 13.6. The number of nitrogens with zero attached hydrogens (tertiary/aromatic N) is 2. The highest BCUT2D eigenvalue weighted by molar-refractivity contribution is 7.91. The molecule has 2 aromatic carbocycles. The Balaban J connectivity index is 1.72. The highest BCUT2D eigenvalue weighted by Gasteiger charge is 2.48. The van der Waals surface area contributed by atoms with Crippen LogP contribution in [0.5, 0.6) is 17.2 Å². The number of aromatic nitrogens is 2. The normalized spacial score (nSPS) is 21.0. The second-order valence-corrected chi connectivity index (χ2v) is 10.9. The molecule has 0 bridgehead atoms. The number of hydrogen-bond donors (Lipinski definition) is 2. The van der Waals surface area contributed by atoms with Gasteiger partial charge in [0, 0.05) is 17.2 Å². The van der Waals surface area contributed by atoms with E-state index in [0.717, 1.165) is 11.1 Å². The number of H-pyrrole nitrogens is 1. The fraction of sp³-hybridized carbons (Fsp3) is 0.333. The third-order valence-corrected chi connectivity index (χ3v) is 8.29. The van der Waals surface area contributed by atoms with Gasteiger partial charge in [-0.05, 0) is 43.2 Å². The molecule has 1 amide bonds. The second kappa shape index (κ2) is 8.05. The maximum Gasteiger partial charge on any atom is 0.273 e. The van der Waals surface area contributed by atoms with E-state index in [2.05, 4.69) is 10.2 Å². The van der Waals surface area contributed by atoms with Gasteiger partial charge in [-0.2, -0.15) is 5.10 Å². The van der Waals surface area contributed by atoms with Gasteiger partial charge in [-0.15, -0.1) is 0 Å². The SMILES string of the molecule is COc1ccc(C2c3c(-c4cc(C)ccc4O)n[nH]c3C(=O)N2C2CCS(=O)(=O)C2)cc1OC. The molecule has 178 valence electrons. The van der Waals surface area contributed by atoms with Gasteiger partial charge in [0.15, 0.2) is 21.3 Å². The molecule has 3 heterocycles. The van der Waals surface area contributed by atoms with E-state index in [1.54, 1.807) is 36.3 Å². The van der Waals surface area contributed by atoms with Crippen LogP contribution in [-0.4, -0.2) is 66.3 Å². The maximum absolute atomic E-state index is 13.6. The molecule has 0 spiro atoms. The molecule has 2 aliphatic heterocycles. The molecular formula is C24H25N3O6S. The summed E-state index contributed by atoms with van der Waals surface area (Å²) in [6, 6.07) is 9.47. The summed E-state index contributed by atoms with van der Waals surface area (Å²) < 4.78 is 35.4. The average Bonchev–Trinajstić information content (AvgIpc) is 3.48. The summed E-state index contributed by atoms with van der Waals surface area (Å²) in [7, 11) is -0.164. The second-order valence-electron chi connectivity index (χ2n) is 8.67. The summed E-state index contributed by atoms with van der Waals surface area (Å²) in [6.45, 7) is 1.91. The number of aromatic amines is 1. The molecular weight excluding hydrogens is 458 g/mol. The van der Waals surface area contributed by atoms with Crippen LogP contribution >= 0.6 is 0 Å². The molecule has 5 rings (SSSR count). The Morgan fingerprint density at radius 3 is 2.56 bits per heavy atom. The lowest BCUT2D eigenvalue weighted by Gasteiger charge is -2.31. The van der Waals surface area contributed by atoms with E-state index in [0.29, 0.717) is 40.4 Å². The monoisotopic (exact) mass is 483 g/mol. The smallest absolute Gasteiger partial charge is 0.273 e. The zero-order valence-corrected chi connectivity index (χ0v) is 19.8. The molecule has 0 aliphatic carbocycles. The van der Waals surface area contributed by atoms with Crippen LogP contribution in [-0.2, 0) is 9.84 Å². The fourth-order valence-corrected chi connectivity index (χ4v) is 6.64. The van der Waals surface area contributed by atoms with Gasteiger partial charge in [0.25, 0.3) is 5.91 Å². The first-order chi connectivity index (χ1) is 16.2. The van der Waals surface area contributed by atoms with Crippen LogP contribution in [0.4, 0.5) is 0 Å². The molecule has 9 nitrogen and oxygen atoms in total. The predicted molar refractivity (Wildman–Crippen MR) is 125 cm³/mol. The van der Waals surface area contributed by atoms with Crippen LogP contribution in [0, 0.1) is 6.92 Å². The van der Waals surface area contributed by atoms with Gasteiger partial charge in [0.05, 0.1) is 31.8 Å². The van der Waals surface area contributed by atoms with E-state index in [1.165, 1.54) is 7.11 Å². The quantitative estimate of drug-likeness (QED) is 0.572. The lowest BCUT2D eigenvalue weighted by molar-refractivity contribution is 0.0677. The Morgan fingerprint density at radius 1 is 1.12 bits per heavy atom. The van der Waals surface area contributed by atoms with E-state index in [-0.39, 0.29) is 23.2 Å². The summed E-state index contributed by atoms with van der Waals surface area (Å²) in [5.74, 6) is 0.698. The number of carbonyl (C=O) groups excluding carboxylic acids is 1. The molecule has 1 aromatic heterocycles. The summed E-state index contributed by atoms with van der Waals surface area (Å²) in [6.07, 6.45) is 0.362. The van der Waals surface area contributed by atoms with Crippen LogP contribution in [0.25, 0.3) is 11.3 Å². The van der Waals surface area contributed by atoms with Crippen LogP contribution in [0.15, 0.2) is 36.4 Å². The topological polar surface area (TPSA) is 122 Å². The number of methoxy groups -OCH3 is 2. The van der Waals surface area contributed by atoms with Crippen molar-refractivity contribution in [2.24, 2.45) is 0 Å². The van der Waals surface area contributed by atoms with E-state index in [1.807, 2.05) is 19.1 Å². The van der Waals surface area contributed by atoms with Crippen molar-refractivity contribution in [3.63, 3.8) is 0 Å². The van der Waals surface area contributed by atoms with Crippen LogP contribution in [0.1, 0.15) is 39.6 Å². The number of phenolic OH excluding ortho intramolecular Hbond substituents is 1. The van der Waals surface area contributed by atoms with E-state index >= 15 is 0 Å². The van der Waals surface area contributed by atoms with Crippen molar-refractivity contribution in [2.45, 2.75) is 25.4 Å². The van der Waals surface area contributed by atoms with Crippen molar-refractivity contribution >= 4 is 15.7 Å². The number of aromatic hydroxyl groups is 1. The number of hydrogen-bond acceptors (Lipinski definition) is 7. The Morgan fingerprint density at radius 2 is 1.88 bits per heavy atom. The van der Waals surface area contributed by atoms with E-state index in [9.17, 15) is 18.3 Å². The molecule has 1 saturated heterocycles. The minimum Gasteiger partial charge on any atom is -0.507 e. The molecule has 10 heteroatoms. The van der Waals surface area contributed by atoms with Crippen LogP contribution in [0.2, 0.25) is 0 Å². The van der Waals surface area contributed by atoms with Crippen molar-refractivity contribution in [1.29, 1.82) is 0 Å². The minimum absolute atomic E-state index is 0.0395. The van der Waals surface area contributed by atoms with Gasteiger partial charge in [0.2, 0.25) is 0 Å². The first-order valence-electron chi connectivity index (χ1n) is 10.9. The summed E-state index contributed by atoms with van der Waals surface area (Å²) in [5, 5.41) is 17.8. The van der Waals surface area contributed by atoms with Crippen molar-refractivity contribution < 1.29 is 27.8 Å². The van der Waals surface area contributed by atoms with Crippen molar-refractivity contribution in [3.8, 4) is 28.5 Å². The lowest BCUT2D eigenvalue weighted by Crippen LogP contribution is -2.40. The third kappa shape index (κ3) is 3.49. The molecule has 2 unspecified atom stereocenters. The average molecular weight is 484 g/mol. The van der Waals surface area contributed by atoms with Gasteiger partial charge in [0.1, 0.15) is 17.1 Å². The number of benzene rings is 2. The molecule has 2 aliphatic rings. The van der Waals surface area contributed by atoms with E-state index in [4.69, 9.17) is 9.47 Å².